The first-order valence-corrected chi connectivity index (χ1v) is 19.5. The molecule has 0 aliphatic carbocycles. The SMILES string of the molecule is Cc1ccc(-c2ccc(C)cc2)cc1.Cc1ccc(C(=O)c2ccc(C)cc2)cc1.Cc1ccc(Oc2ccc(C)cc2)cc1.Cc1ccc2cc(C)ccc2c1. The van der Waals surface area contributed by atoms with E-state index in [9.17, 15) is 4.79 Å². The summed E-state index contributed by atoms with van der Waals surface area (Å²) in [5, 5.41) is 2.67. The Kier molecular flexibility index (Phi) is 14.9. The molecule has 0 fully saturated rings. The first-order valence-electron chi connectivity index (χ1n) is 19.5. The lowest BCUT2D eigenvalue weighted by Gasteiger charge is -2.05. The Labute approximate surface area is 340 Å². The first-order chi connectivity index (χ1) is 27.4. The van der Waals surface area contributed by atoms with Crippen LogP contribution >= 0.6 is 0 Å². The van der Waals surface area contributed by atoms with Crippen LogP contribution in [0.2, 0.25) is 0 Å². The van der Waals surface area contributed by atoms with Crippen molar-refractivity contribution in [3.05, 3.63) is 238 Å². The van der Waals surface area contributed by atoms with Crippen molar-refractivity contribution >= 4 is 16.6 Å². The molecule has 286 valence electrons. The maximum Gasteiger partial charge on any atom is 0.193 e. The molecule has 0 unspecified atom stereocenters. The molecule has 0 amide bonds. The fraction of sp³-hybridized carbons (Fsp3) is 0.145. The smallest absolute Gasteiger partial charge is 0.193 e. The fourth-order valence-corrected chi connectivity index (χ4v) is 5.90. The van der Waals surface area contributed by atoms with Crippen molar-refractivity contribution in [1.29, 1.82) is 0 Å². The summed E-state index contributed by atoms with van der Waals surface area (Å²) in [5.41, 5.74) is 14.1. The number of fused-ring (bicyclic) bond motifs is 1. The summed E-state index contributed by atoms with van der Waals surface area (Å²) in [5.74, 6) is 1.84. The highest BCUT2D eigenvalue weighted by Gasteiger charge is 2.07. The normalized spacial score (nSPS) is 10.2. The Morgan fingerprint density at radius 1 is 0.298 bits per heavy atom. The summed E-state index contributed by atoms with van der Waals surface area (Å²) in [6.45, 7) is 16.6. The second-order valence-corrected chi connectivity index (χ2v) is 14.9. The zero-order valence-electron chi connectivity index (χ0n) is 34.6. The lowest BCUT2D eigenvalue weighted by Crippen LogP contribution is -2.00. The number of rotatable bonds is 5. The van der Waals surface area contributed by atoms with Gasteiger partial charge < -0.3 is 4.74 Å². The van der Waals surface area contributed by atoms with E-state index in [1.165, 1.54) is 66.4 Å². The Hall–Kier alpha value is -6.51. The second kappa shape index (κ2) is 20.4. The van der Waals surface area contributed by atoms with Gasteiger partial charge in [-0.05, 0) is 102 Å². The Morgan fingerprint density at radius 2 is 0.544 bits per heavy atom. The summed E-state index contributed by atoms with van der Waals surface area (Å²) < 4.78 is 5.69. The number of ether oxygens (including phenoxy) is 1. The predicted molar refractivity (Wildman–Crippen MR) is 243 cm³/mol. The molecule has 0 aliphatic heterocycles. The number of carbonyl (C=O) groups excluding carboxylic acids is 1. The third-order valence-corrected chi connectivity index (χ3v) is 9.49. The van der Waals surface area contributed by atoms with E-state index in [4.69, 9.17) is 4.74 Å². The first kappa shape index (κ1) is 41.6. The van der Waals surface area contributed by atoms with Crippen molar-refractivity contribution in [1.82, 2.24) is 0 Å². The molecule has 0 heterocycles. The van der Waals surface area contributed by atoms with Crippen LogP contribution in [0.1, 0.15) is 60.4 Å². The quantitative estimate of drug-likeness (QED) is 0.164. The van der Waals surface area contributed by atoms with Crippen LogP contribution in [0.3, 0.4) is 0 Å². The summed E-state index contributed by atoms with van der Waals surface area (Å²) in [6, 6.07) is 61.8. The number of ketones is 1. The van der Waals surface area contributed by atoms with Gasteiger partial charge in [0.05, 0.1) is 0 Å². The number of carbonyl (C=O) groups is 1. The van der Waals surface area contributed by atoms with E-state index in [0.29, 0.717) is 0 Å². The van der Waals surface area contributed by atoms with Crippen molar-refractivity contribution in [3.63, 3.8) is 0 Å². The Balaban J connectivity index is 0.000000146. The van der Waals surface area contributed by atoms with Crippen LogP contribution < -0.4 is 4.74 Å². The zero-order chi connectivity index (χ0) is 40.7. The fourth-order valence-electron chi connectivity index (χ4n) is 5.90. The number of aryl methyl sites for hydroxylation is 8. The molecule has 0 bridgehead atoms. The zero-order valence-corrected chi connectivity index (χ0v) is 34.6. The van der Waals surface area contributed by atoms with E-state index in [0.717, 1.165) is 22.6 Å². The van der Waals surface area contributed by atoms with Gasteiger partial charge >= 0.3 is 0 Å². The van der Waals surface area contributed by atoms with Crippen LogP contribution in [0.4, 0.5) is 0 Å². The van der Waals surface area contributed by atoms with Gasteiger partial charge in [0, 0.05) is 11.1 Å². The van der Waals surface area contributed by atoms with Crippen LogP contribution in [0, 0.1) is 55.4 Å². The lowest BCUT2D eigenvalue weighted by molar-refractivity contribution is 0.103. The minimum absolute atomic E-state index is 0.0833. The summed E-state index contributed by atoms with van der Waals surface area (Å²) in [6.07, 6.45) is 0. The van der Waals surface area contributed by atoms with Crippen molar-refractivity contribution in [2.75, 3.05) is 0 Å². The van der Waals surface area contributed by atoms with Gasteiger partial charge in [0.25, 0.3) is 0 Å². The molecule has 0 saturated carbocycles. The van der Waals surface area contributed by atoms with Crippen molar-refractivity contribution in [3.8, 4) is 22.6 Å². The van der Waals surface area contributed by atoms with Gasteiger partial charge in [-0.25, -0.2) is 0 Å². The number of hydrogen-bond acceptors (Lipinski definition) is 2. The molecular weight excluding hydrogens is 693 g/mol. The number of hydrogen-bond donors (Lipinski definition) is 0. The van der Waals surface area contributed by atoms with Crippen molar-refractivity contribution in [2.45, 2.75) is 55.4 Å². The van der Waals surface area contributed by atoms with Crippen LogP contribution in [0.25, 0.3) is 21.9 Å². The molecule has 8 aromatic carbocycles. The lowest BCUT2D eigenvalue weighted by atomic mass is 10.0. The monoisotopic (exact) mass is 746 g/mol. The molecular formula is C55H54O2. The minimum Gasteiger partial charge on any atom is -0.457 e. The van der Waals surface area contributed by atoms with Crippen LogP contribution in [0.5, 0.6) is 11.5 Å². The predicted octanol–water partition coefficient (Wildman–Crippen LogP) is 15.1. The topological polar surface area (TPSA) is 26.3 Å². The van der Waals surface area contributed by atoms with Crippen molar-refractivity contribution in [2.24, 2.45) is 0 Å². The molecule has 0 radical (unpaired) electrons. The van der Waals surface area contributed by atoms with Gasteiger partial charge in [-0.2, -0.15) is 0 Å². The molecule has 0 N–H and O–H groups in total. The van der Waals surface area contributed by atoms with Gasteiger partial charge in [-0.15, -0.1) is 0 Å². The molecule has 2 heteroatoms. The third kappa shape index (κ3) is 13.3. The van der Waals surface area contributed by atoms with E-state index in [2.05, 4.69) is 126 Å². The summed E-state index contributed by atoms with van der Waals surface area (Å²) in [4.78, 5) is 12.1. The van der Waals surface area contributed by atoms with E-state index in [1.807, 2.05) is 111 Å². The van der Waals surface area contributed by atoms with E-state index in [-0.39, 0.29) is 5.78 Å². The van der Waals surface area contributed by atoms with Crippen LogP contribution in [0.15, 0.2) is 182 Å². The molecule has 0 aromatic heterocycles. The molecule has 0 spiro atoms. The van der Waals surface area contributed by atoms with E-state index >= 15 is 0 Å². The largest absolute Gasteiger partial charge is 0.457 e. The van der Waals surface area contributed by atoms with Gasteiger partial charge in [0.15, 0.2) is 5.78 Å². The van der Waals surface area contributed by atoms with E-state index < -0.39 is 0 Å². The maximum atomic E-state index is 12.1. The second-order valence-electron chi connectivity index (χ2n) is 14.9. The molecule has 8 rings (SSSR count). The van der Waals surface area contributed by atoms with Gasteiger partial charge in [-0.3, -0.25) is 4.79 Å². The molecule has 57 heavy (non-hydrogen) atoms. The average molecular weight is 747 g/mol. The molecule has 0 saturated heterocycles. The standard InChI is InChI=1S/C15H14O.C14H14O.C14H14.C12H12/c1-11-3-7-13(8-4-11)15(16)14-9-5-12(2)6-10-14;1-11-3-7-13(8-4-11)15-14-9-5-12(2)6-10-14;1-11-3-7-13(8-4-11)14-9-5-12(2)6-10-14;1-9-3-5-12-8-10(2)4-6-11(12)7-9/h3-10H,1-2H3;3-10H,1-2H3;3-10H,1-2H3;3-8H,1-2H3. The average Bonchev–Trinajstić information content (AvgIpc) is 3.21. The highest BCUT2D eigenvalue weighted by atomic mass is 16.5. The van der Waals surface area contributed by atoms with E-state index in [1.54, 1.807) is 0 Å². The van der Waals surface area contributed by atoms with Crippen LogP contribution in [-0.4, -0.2) is 5.78 Å². The number of benzene rings is 8. The summed E-state index contributed by atoms with van der Waals surface area (Å²) in [7, 11) is 0. The molecule has 8 aromatic rings. The maximum absolute atomic E-state index is 12.1. The van der Waals surface area contributed by atoms with Gasteiger partial charge in [0.2, 0.25) is 0 Å². The highest BCUT2D eigenvalue weighted by molar-refractivity contribution is 6.09. The highest BCUT2D eigenvalue weighted by Crippen LogP contribution is 2.22. The Bertz CT molecular complexity index is 2280. The molecule has 2 nitrogen and oxygen atoms in total. The van der Waals surface area contributed by atoms with Crippen molar-refractivity contribution < 1.29 is 9.53 Å². The van der Waals surface area contributed by atoms with Crippen LogP contribution in [-0.2, 0) is 0 Å². The third-order valence-electron chi connectivity index (χ3n) is 9.49. The minimum atomic E-state index is 0.0833. The van der Waals surface area contributed by atoms with Gasteiger partial charge in [-0.1, -0.05) is 202 Å². The molecule has 0 atom stereocenters. The Morgan fingerprint density at radius 3 is 0.842 bits per heavy atom. The molecule has 0 aliphatic rings. The summed E-state index contributed by atoms with van der Waals surface area (Å²) >= 11 is 0. The van der Waals surface area contributed by atoms with Gasteiger partial charge in [0.1, 0.15) is 11.5 Å².